The van der Waals surface area contributed by atoms with Crippen molar-refractivity contribution in [2.45, 2.75) is 19.9 Å². The Labute approximate surface area is 119 Å². The third-order valence-electron chi connectivity index (χ3n) is 3.59. The fourth-order valence-corrected chi connectivity index (χ4v) is 3.34. The summed E-state index contributed by atoms with van der Waals surface area (Å²) in [6.07, 6.45) is 3.38. The van der Waals surface area contributed by atoms with Crippen LogP contribution in [0.25, 0.3) is 0 Å². The van der Waals surface area contributed by atoms with Gasteiger partial charge in [-0.15, -0.1) is 0 Å². The highest BCUT2D eigenvalue weighted by Crippen LogP contribution is 2.13. The average molecular weight is 300 g/mol. The molecule has 0 saturated carbocycles. The lowest BCUT2D eigenvalue weighted by Gasteiger charge is -2.35. The number of sulfonamides is 1. The molecule has 1 amide bonds. The van der Waals surface area contributed by atoms with E-state index in [1.807, 2.05) is 0 Å². The lowest BCUT2D eigenvalue weighted by atomic mass is 10.2. The van der Waals surface area contributed by atoms with E-state index in [4.69, 9.17) is 0 Å². The van der Waals surface area contributed by atoms with Gasteiger partial charge < -0.3 is 4.90 Å². The molecule has 2 rings (SSSR count). The van der Waals surface area contributed by atoms with E-state index in [0.717, 1.165) is 0 Å². The highest BCUT2D eigenvalue weighted by molar-refractivity contribution is 7.89. The summed E-state index contributed by atoms with van der Waals surface area (Å²) < 4.78 is 26.6. The second-order valence-electron chi connectivity index (χ2n) is 4.79. The van der Waals surface area contributed by atoms with Crippen LogP contribution >= 0.6 is 0 Å². The van der Waals surface area contributed by atoms with Gasteiger partial charge in [0.15, 0.2) is 0 Å². The van der Waals surface area contributed by atoms with Crippen LogP contribution in [-0.4, -0.2) is 65.2 Å². The lowest BCUT2D eigenvalue weighted by molar-refractivity contribution is -0.135. The zero-order valence-corrected chi connectivity index (χ0v) is 12.6. The highest BCUT2D eigenvalue weighted by Gasteiger charge is 2.30. The zero-order valence-electron chi connectivity index (χ0n) is 11.8. The maximum absolute atomic E-state index is 12.3. The first-order valence-electron chi connectivity index (χ1n) is 6.71. The molecule has 2 heterocycles. The molecule has 0 spiro atoms. The molecule has 8 heteroatoms. The Kier molecular flexibility index (Phi) is 4.44. The van der Waals surface area contributed by atoms with Crippen LogP contribution in [0.4, 0.5) is 0 Å². The van der Waals surface area contributed by atoms with Crippen molar-refractivity contribution in [3.05, 3.63) is 18.5 Å². The summed E-state index contributed by atoms with van der Waals surface area (Å²) in [6.45, 7) is 5.03. The van der Waals surface area contributed by atoms with Gasteiger partial charge in [0.25, 0.3) is 0 Å². The molecule has 1 aliphatic heterocycles. The van der Waals surface area contributed by atoms with Crippen LogP contribution in [0.1, 0.15) is 19.9 Å². The number of hydrogen-bond donors (Lipinski definition) is 0. The molecular weight excluding hydrogens is 280 g/mol. The summed E-state index contributed by atoms with van der Waals surface area (Å²) in [5.74, 6) is 0.0761. The summed E-state index contributed by atoms with van der Waals surface area (Å²) in [5, 5.41) is 4.06. The maximum atomic E-state index is 12.3. The van der Waals surface area contributed by atoms with Crippen LogP contribution in [0, 0.1) is 0 Å². The zero-order chi connectivity index (χ0) is 14.8. The predicted octanol–water partition coefficient (Wildman–Crippen LogP) is -0.0620. The molecule has 1 aromatic rings. The Morgan fingerprint density at radius 3 is 2.45 bits per heavy atom. The van der Waals surface area contributed by atoms with Gasteiger partial charge in [-0.3, -0.25) is 9.48 Å². The Bertz CT molecular complexity index is 547. The van der Waals surface area contributed by atoms with Gasteiger partial charge in [0.1, 0.15) is 6.04 Å². The topological polar surface area (TPSA) is 75.5 Å². The molecule has 1 atom stereocenters. The number of amides is 1. The standard InChI is InChI=1S/C12H20N4O3S/c1-3-20(18,19)15-9-7-14(8-10-15)12(17)11(2)16-6-4-5-13-16/h4-6,11H,3,7-10H2,1-2H3. The molecule has 0 N–H and O–H groups in total. The third kappa shape index (κ3) is 3.01. The van der Waals surface area contributed by atoms with Crippen LogP contribution < -0.4 is 0 Å². The highest BCUT2D eigenvalue weighted by atomic mass is 32.2. The molecule has 0 bridgehead atoms. The van der Waals surface area contributed by atoms with Crippen molar-refractivity contribution in [2.75, 3.05) is 31.9 Å². The number of rotatable bonds is 4. The molecule has 7 nitrogen and oxygen atoms in total. The summed E-state index contributed by atoms with van der Waals surface area (Å²) in [7, 11) is -3.16. The second kappa shape index (κ2) is 5.92. The van der Waals surface area contributed by atoms with Crippen LogP contribution in [-0.2, 0) is 14.8 Å². The van der Waals surface area contributed by atoms with Gasteiger partial charge in [-0.1, -0.05) is 0 Å². The van der Waals surface area contributed by atoms with Crippen molar-refractivity contribution in [2.24, 2.45) is 0 Å². The maximum Gasteiger partial charge on any atom is 0.247 e. The van der Waals surface area contributed by atoms with Gasteiger partial charge >= 0.3 is 0 Å². The minimum absolute atomic E-state index is 0.0257. The third-order valence-corrected chi connectivity index (χ3v) is 5.47. The van der Waals surface area contributed by atoms with Gasteiger partial charge in [0, 0.05) is 38.6 Å². The molecule has 0 radical (unpaired) electrons. The Balaban J connectivity index is 1.96. The Hall–Kier alpha value is -1.41. The van der Waals surface area contributed by atoms with E-state index in [0.29, 0.717) is 26.2 Å². The monoisotopic (exact) mass is 300 g/mol. The lowest BCUT2D eigenvalue weighted by Crippen LogP contribution is -2.52. The summed E-state index contributed by atoms with van der Waals surface area (Å²) in [6, 6.07) is 1.41. The Morgan fingerprint density at radius 2 is 1.95 bits per heavy atom. The first-order valence-corrected chi connectivity index (χ1v) is 8.32. The van der Waals surface area contributed by atoms with Crippen molar-refractivity contribution in [3.63, 3.8) is 0 Å². The van der Waals surface area contributed by atoms with Gasteiger partial charge in [0.05, 0.1) is 5.75 Å². The molecule has 1 fully saturated rings. The number of hydrogen-bond acceptors (Lipinski definition) is 4. The van der Waals surface area contributed by atoms with Crippen LogP contribution in [0.2, 0.25) is 0 Å². The molecule has 1 aliphatic rings. The Morgan fingerprint density at radius 1 is 1.30 bits per heavy atom. The van der Waals surface area contributed by atoms with E-state index in [9.17, 15) is 13.2 Å². The minimum Gasteiger partial charge on any atom is -0.338 e. The van der Waals surface area contributed by atoms with E-state index in [-0.39, 0.29) is 17.7 Å². The number of aromatic nitrogens is 2. The van der Waals surface area contributed by atoms with Gasteiger partial charge in [-0.25, -0.2) is 8.42 Å². The van der Waals surface area contributed by atoms with E-state index < -0.39 is 10.0 Å². The molecule has 0 aliphatic carbocycles. The largest absolute Gasteiger partial charge is 0.338 e. The fraction of sp³-hybridized carbons (Fsp3) is 0.667. The number of carbonyl (C=O) groups excluding carboxylic acids is 1. The summed E-state index contributed by atoms with van der Waals surface area (Å²) >= 11 is 0. The second-order valence-corrected chi connectivity index (χ2v) is 7.04. The SMILES string of the molecule is CCS(=O)(=O)N1CCN(C(=O)C(C)n2cccn2)CC1. The first-order chi connectivity index (χ1) is 9.45. The molecule has 20 heavy (non-hydrogen) atoms. The van der Waals surface area contributed by atoms with E-state index >= 15 is 0 Å². The fourth-order valence-electron chi connectivity index (χ4n) is 2.26. The van der Waals surface area contributed by atoms with Crippen molar-refractivity contribution >= 4 is 15.9 Å². The van der Waals surface area contributed by atoms with Gasteiger partial charge in [-0.2, -0.15) is 9.40 Å². The van der Waals surface area contributed by atoms with Crippen molar-refractivity contribution in [3.8, 4) is 0 Å². The normalized spacial score (nSPS) is 19.0. The molecule has 1 saturated heterocycles. The van der Waals surface area contributed by atoms with Crippen molar-refractivity contribution < 1.29 is 13.2 Å². The molecule has 1 aromatic heterocycles. The van der Waals surface area contributed by atoms with E-state index in [1.165, 1.54) is 4.31 Å². The van der Waals surface area contributed by atoms with E-state index in [2.05, 4.69) is 5.10 Å². The smallest absolute Gasteiger partial charge is 0.247 e. The van der Waals surface area contributed by atoms with Crippen molar-refractivity contribution in [1.82, 2.24) is 19.0 Å². The molecule has 112 valence electrons. The first kappa shape index (κ1) is 15.0. The quantitative estimate of drug-likeness (QED) is 0.780. The van der Waals surface area contributed by atoms with Crippen LogP contribution in [0.15, 0.2) is 18.5 Å². The molecule has 0 aromatic carbocycles. The number of piperazine rings is 1. The number of carbonyl (C=O) groups is 1. The van der Waals surface area contributed by atoms with Gasteiger partial charge in [0.2, 0.25) is 15.9 Å². The van der Waals surface area contributed by atoms with Crippen molar-refractivity contribution in [1.29, 1.82) is 0 Å². The predicted molar refractivity (Wildman–Crippen MR) is 74.6 cm³/mol. The van der Waals surface area contributed by atoms with Gasteiger partial charge in [-0.05, 0) is 19.9 Å². The molecular formula is C12H20N4O3S. The number of nitrogens with zero attached hydrogens (tertiary/aromatic N) is 4. The minimum atomic E-state index is -3.16. The average Bonchev–Trinajstić information content (AvgIpc) is 3.00. The van der Waals surface area contributed by atoms with Crippen LogP contribution in [0.3, 0.4) is 0 Å². The van der Waals surface area contributed by atoms with Crippen LogP contribution in [0.5, 0.6) is 0 Å². The van der Waals surface area contributed by atoms with E-state index in [1.54, 1.807) is 41.9 Å². The molecule has 1 unspecified atom stereocenters. The summed E-state index contributed by atoms with van der Waals surface area (Å²) in [4.78, 5) is 14.0. The summed E-state index contributed by atoms with van der Waals surface area (Å²) in [5.41, 5.74) is 0.